The van der Waals surface area contributed by atoms with Gasteiger partial charge in [0.15, 0.2) is 12.3 Å². The van der Waals surface area contributed by atoms with Crippen LogP contribution in [0.5, 0.6) is 0 Å². The lowest BCUT2D eigenvalue weighted by atomic mass is 9.94. The molecule has 0 aliphatic carbocycles. The molecule has 2 nitrogen and oxygen atoms in total. The molecule has 0 saturated carbocycles. The molecule has 0 radical (unpaired) electrons. The summed E-state index contributed by atoms with van der Waals surface area (Å²) in [6.45, 7) is 0. The van der Waals surface area contributed by atoms with Gasteiger partial charge in [0.05, 0.1) is 5.57 Å². The quantitative estimate of drug-likeness (QED) is 0.643. The van der Waals surface area contributed by atoms with E-state index in [1.54, 1.807) is 0 Å². The van der Waals surface area contributed by atoms with Gasteiger partial charge in [-0.1, -0.05) is 91.0 Å². The summed E-state index contributed by atoms with van der Waals surface area (Å²) < 4.78 is 0. The Bertz CT molecular complexity index is 874. The van der Waals surface area contributed by atoms with Gasteiger partial charge in [0, 0.05) is 11.8 Å². The van der Waals surface area contributed by atoms with Crippen molar-refractivity contribution in [2.45, 2.75) is 12.1 Å². The van der Waals surface area contributed by atoms with Crippen LogP contribution in [-0.2, 0) is 0 Å². The molecular weight excluding hydrogens is 384 g/mol. The van der Waals surface area contributed by atoms with Crippen LogP contribution in [-0.4, -0.2) is 6.21 Å². The van der Waals surface area contributed by atoms with E-state index in [4.69, 9.17) is 0 Å². The predicted molar refractivity (Wildman–Crippen MR) is 103 cm³/mol. The fourth-order valence-corrected chi connectivity index (χ4v) is 3.29. The zero-order valence-corrected chi connectivity index (χ0v) is 15.9. The minimum absolute atomic E-state index is 0. The largest absolute Gasteiger partial charge is 1.00 e. The van der Waals surface area contributed by atoms with Crippen molar-refractivity contribution in [2.75, 3.05) is 0 Å². The summed E-state index contributed by atoms with van der Waals surface area (Å²) in [5.41, 5.74) is 4.88. The van der Waals surface area contributed by atoms with E-state index in [1.807, 2.05) is 6.07 Å². The van der Waals surface area contributed by atoms with E-state index >= 15 is 0 Å². The molecule has 3 aromatic carbocycles. The standard InChI is InChI=1S/C23H20N2.BrH/c1-4-10-18(11-5-1)21-16-24-22(19-12-6-2-7-13-19)23(25-17-21)20-14-8-3-9-15-20;/h1-17,22-24H;1H/t22-,23+;/m1./s1. The molecule has 0 spiro atoms. The van der Waals surface area contributed by atoms with Gasteiger partial charge in [0.25, 0.3) is 0 Å². The second-order valence-corrected chi connectivity index (χ2v) is 6.22. The molecule has 3 aromatic rings. The van der Waals surface area contributed by atoms with Gasteiger partial charge in [0.1, 0.15) is 6.04 Å². The minimum atomic E-state index is 0. The van der Waals surface area contributed by atoms with Crippen molar-refractivity contribution in [1.82, 2.24) is 5.32 Å². The molecular formula is C23H21BrN2. The molecule has 1 heterocycles. The van der Waals surface area contributed by atoms with Crippen molar-refractivity contribution in [3.05, 3.63) is 114 Å². The molecule has 2 N–H and O–H groups in total. The van der Waals surface area contributed by atoms with E-state index in [1.165, 1.54) is 16.7 Å². The molecule has 130 valence electrons. The van der Waals surface area contributed by atoms with E-state index in [9.17, 15) is 0 Å². The second kappa shape index (κ2) is 8.63. The number of nitrogens with one attached hydrogen (secondary N) is 2. The van der Waals surface area contributed by atoms with Crippen molar-refractivity contribution < 1.29 is 22.0 Å². The van der Waals surface area contributed by atoms with Gasteiger partial charge < -0.3 is 22.3 Å². The molecule has 0 amide bonds. The van der Waals surface area contributed by atoms with Crippen molar-refractivity contribution in [3.63, 3.8) is 0 Å². The Balaban J connectivity index is 0.00000196. The molecule has 0 aromatic heterocycles. The van der Waals surface area contributed by atoms with Crippen molar-refractivity contribution >= 4 is 11.8 Å². The molecule has 0 unspecified atom stereocenters. The molecule has 1 aliphatic heterocycles. The van der Waals surface area contributed by atoms with Crippen LogP contribution in [0.15, 0.2) is 97.2 Å². The Morgan fingerprint density at radius 2 is 1.19 bits per heavy atom. The number of benzene rings is 3. The van der Waals surface area contributed by atoms with Crippen molar-refractivity contribution in [2.24, 2.45) is 0 Å². The van der Waals surface area contributed by atoms with E-state index < -0.39 is 0 Å². The zero-order chi connectivity index (χ0) is 16.9. The maximum Gasteiger partial charge on any atom is 0.200 e. The third-order valence-electron chi connectivity index (χ3n) is 4.59. The van der Waals surface area contributed by atoms with E-state index in [-0.39, 0.29) is 29.1 Å². The molecule has 3 heteroatoms. The second-order valence-electron chi connectivity index (χ2n) is 6.22. The Morgan fingerprint density at radius 1 is 0.654 bits per heavy atom. The first-order valence-electron chi connectivity index (χ1n) is 8.62. The summed E-state index contributed by atoms with van der Waals surface area (Å²) in [5.74, 6) is 0. The molecule has 1 aliphatic rings. The lowest BCUT2D eigenvalue weighted by Crippen LogP contribution is -3.00. The van der Waals surface area contributed by atoms with Gasteiger partial charge in [-0.3, -0.25) is 0 Å². The number of rotatable bonds is 3. The summed E-state index contributed by atoms with van der Waals surface area (Å²) >= 11 is 0. The van der Waals surface area contributed by atoms with Gasteiger partial charge in [-0.05, 0) is 11.1 Å². The number of allylic oxidation sites excluding steroid dienone is 1. The van der Waals surface area contributed by atoms with Crippen LogP contribution in [0.2, 0.25) is 0 Å². The summed E-state index contributed by atoms with van der Waals surface area (Å²) in [6.07, 6.45) is 4.23. The monoisotopic (exact) mass is 404 g/mol. The molecule has 4 rings (SSSR count). The summed E-state index contributed by atoms with van der Waals surface area (Å²) in [6, 6.07) is 31.9. The molecule has 0 saturated heterocycles. The lowest BCUT2D eigenvalue weighted by Gasteiger charge is -2.20. The van der Waals surface area contributed by atoms with Crippen molar-refractivity contribution in [1.29, 1.82) is 0 Å². The molecule has 0 bridgehead atoms. The predicted octanol–water partition coefficient (Wildman–Crippen LogP) is 0.269. The third kappa shape index (κ3) is 3.94. The minimum Gasteiger partial charge on any atom is -1.00 e. The normalized spacial score (nSPS) is 18.8. The average molecular weight is 405 g/mol. The van der Waals surface area contributed by atoms with Crippen molar-refractivity contribution in [3.8, 4) is 0 Å². The van der Waals surface area contributed by atoms with Crippen LogP contribution >= 0.6 is 0 Å². The summed E-state index contributed by atoms with van der Waals surface area (Å²) in [5, 5.41) is 3.64. The highest BCUT2D eigenvalue weighted by atomic mass is 79.9. The smallest absolute Gasteiger partial charge is 0.200 e. The fourth-order valence-electron chi connectivity index (χ4n) is 3.29. The Kier molecular flexibility index (Phi) is 6.03. The summed E-state index contributed by atoms with van der Waals surface area (Å²) in [7, 11) is 0. The Morgan fingerprint density at radius 3 is 1.81 bits per heavy atom. The summed E-state index contributed by atoms with van der Waals surface area (Å²) in [4.78, 5) is 3.64. The first kappa shape index (κ1) is 18.2. The van der Waals surface area contributed by atoms with E-state index in [0.717, 1.165) is 5.57 Å². The lowest BCUT2D eigenvalue weighted by molar-refractivity contribution is -0.509. The maximum atomic E-state index is 3.64. The topological polar surface area (TPSA) is 26.0 Å². The van der Waals surface area contributed by atoms with Crippen LogP contribution in [0, 0.1) is 0 Å². The molecule has 26 heavy (non-hydrogen) atoms. The van der Waals surface area contributed by atoms with Crippen LogP contribution in [0.1, 0.15) is 28.8 Å². The van der Waals surface area contributed by atoms with E-state index in [0.29, 0.717) is 0 Å². The maximum absolute atomic E-state index is 3.64. The molecule has 0 fully saturated rings. The number of hydrogen-bond acceptors (Lipinski definition) is 1. The van der Waals surface area contributed by atoms with Crippen LogP contribution in [0.25, 0.3) is 5.57 Å². The average Bonchev–Trinajstić information content (AvgIpc) is 2.93. The Labute approximate surface area is 165 Å². The van der Waals surface area contributed by atoms with Gasteiger partial charge in [0.2, 0.25) is 0 Å². The number of hydrogen-bond donors (Lipinski definition) is 2. The highest BCUT2D eigenvalue weighted by Crippen LogP contribution is 2.27. The highest BCUT2D eigenvalue weighted by Gasteiger charge is 2.29. The van der Waals surface area contributed by atoms with Gasteiger partial charge in [-0.2, -0.15) is 0 Å². The SMILES string of the molecule is C1=[NH+][C@@H](c2ccccc2)[C@@H](c2ccccc2)NC=C1c1ccccc1.[Br-]. The van der Waals surface area contributed by atoms with Gasteiger partial charge in [-0.25, -0.2) is 4.99 Å². The van der Waals surface area contributed by atoms with Gasteiger partial charge >= 0.3 is 0 Å². The zero-order valence-electron chi connectivity index (χ0n) is 14.3. The first-order chi connectivity index (χ1) is 12.4. The Hall–Kier alpha value is -2.65. The van der Waals surface area contributed by atoms with Crippen LogP contribution < -0.4 is 27.3 Å². The van der Waals surface area contributed by atoms with Crippen LogP contribution in [0.3, 0.4) is 0 Å². The fraction of sp³-hybridized carbons (Fsp3) is 0.0870. The number of halogens is 1. The molecule has 2 atom stereocenters. The highest BCUT2D eigenvalue weighted by molar-refractivity contribution is 6.07. The van der Waals surface area contributed by atoms with Crippen LogP contribution in [0.4, 0.5) is 0 Å². The van der Waals surface area contributed by atoms with E-state index in [2.05, 4.69) is 108 Å². The third-order valence-corrected chi connectivity index (χ3v) is 4.59. The van der Waals surface area contributed by atoms with Gasteiger partial charge in [-0.15, -0.1) is 0 Å². The first-order valence-corrected chi connectivity index (χ1v) is 8.62.